The molecule has 1 aromatic carbocycles. The second-order valence-electron chi connectivity index (χ2n) is 3.56. The van der Waals surface area contributed by atoms with Crippen LogP contribution in [-0.2, 0) is 26.1 Å². The van der Waals surface area contributed by atoms with E-state index in [1.807, 2.05) is 0 Å². The molecule has 0 saturated heterocycles. The molecule has 0 radical (unpaired) electrons. The Hall–Kier alpha value is -1.63. The van der Waals surface area contributed by atoms with Crippen LogP contribution in [0.4, 0.5) is 4.39 Å². The Bertz CT molecular complexity index is 538. The van der Waals surface area contributed by atoms with E-state index in [9.17, 15) is 17.6 Å². The Morgan fingerprint density at radius 3 is 2.56 bits per heavy atom. The smallest absolute Gasteiger partial charge is 0.310 e. The van der Waals surface area contributed by atoms with E-state index in [1.165, 1.54) is 6.07 Å². The average molecular weight is 276 g/mol. The maximum Gasteiger partial charge on any atom is 0.310 e. The van der Waals surface area contributed by atoms with Crippen molar-refractivity contribution in [2.75, 3.05) is 12.9 Å². The van der Waals surface area contributed by atoms with Crippen LogP contribution >= 0.6 is 0 Å². The van der Waals surface area contributed by atoms with Crippen molar-refractivity contribution < 1.29 is 26.5 Å². The van der Waals surface area contributed by atoms with Gasteiger partial charge >= 0.3 is 16.1 Å². The van der Waals surface area contributed by atoms with Gasteiger partial charge in [0.15, 0.2) is 0 Å². The molecule has 0 aromatic heterocycles. The molecule has 0 aliphatic rings. The molecule has 0 spiro atoms. The molecule has 0 N–H and O–H groups in total. The predicted molar refractivity (Wildman–Crippen MR) is 62.2 cm³/mol. The Balaban J connectivity index is 2.90. The van der Waals surface area contributed by atoms with Gasteiger partial charge in [0.2, 0.25) is 0 Å². The van der Waals surface area contributed by atoms with Crippen LogP contribution in [0, 0.1) is 5.82 Å². The fraction of sp³-hybridized carbons (Fsp3) is 0.364. The van der Waals surface area contributed by atoms with E-state index in [-0.39, 0.29) is 24.3 Å². The highest BCUT2D eigenvalue weighted by Crippen LogP contribution is 2.18. The normalized spacial score (nSPS) is 11.1. The zero-order valence-electron chi connectivity index (χ0n) is 9.97. The Morgan fingerprint density at radius 1 is 1.33 bits per heavy atom. The molecule has 100 valence electrons. The third-order valence-corrected chi connectivity index (χ3v) is 2.33. The van der Waals surface area contributed by atoms with E-state index < -0.39 is 21.9 Å². The summed E-state index contributed by atoms with van der Waals surface area (Å²) in [6.07, 6.45) is 0.703. The first kappa shape index (κ1) is 14.4. The maximum absolute atomic E-state index is 13.2. The Labute approximate surface area is 105 Å². The van der Waals surface area contributed by atoms with Crippen molar-refractivity contribution in [1.29, 1.82) is 0 Å². The van der Waals surface area contributed by atoms with Gasteiger partial charge < -0.3 is 8.92 Å². The lowest BCUT2D eigenvalue weighted by atomic mass is 10.1. The molecule has 5 nitrogen and oxygen atoms in total. The van der Waals surface area contributed by atoms with Crippen molar-refractivity contribution in [3.05, 3.63) is 29.6 Å². The van der Waals surface area contributed by atoms with E-state index in [2.05, 4.69) is 4.18 Å². The summed E-state index contributed by atoms with van der Waals surface area (Å²) in [6, 6.07) is 3.32. The van der Waals surface area contributed by atoms with E-state index >= 15 is 0 Å². The van der Waals surface area contributed by atoms with Gasteiger partial charge in [-0.05, 0) is 24.6 Å². The highest BCUT2D eigenvalue weighted by Gasteiger charge is 2.10. The van der Waals surface area contributed by atoms with E-state index in [0.717, 1.165) is 18.4 Å². The molecular formula is C11H13FO5S. The largest absolute Gasteiger partial charge is 0.466 e. The Kier molecular flexibility index (Phi) is 4.66. The summed E-state index contributed by atoms with van der Waals surface area (Å²) >= 11 is 0. The number of ether oxygens (including phenoxy) is 1. The minimum atomic E-state index is -3.73. The van der Waals surface area contributed by atoms with Gasteiger partial charge in [-0.25, -0.2) is 4.39 Å². The predicted octanol–water partition coefficient (Wildman–Crippen LogP) is 1.27. The molecule has 7 heteroatoms. The highest BCUT2D eigenvalue weighted by molar-refractivity contribution is 7.86. The summed E-state index contributed by atoms with van der Waals surface area (Å²) in [5.41, 5.74) is 0.284. The van der Waals surface area contributed by atoms with Crippen molar-refractivity contribution in [3.63, 3.8) is 0 Å². The minimum absolute atomic E-state index is 0.147. The molecule has 0 atom stereocenters. The topological polar surface area (TPSA) is 69.7 Å². The second-order valence-corrected chi connectivity index (χ2v) is 5.14. The van der Waals surface area contributed by atoms with Crippen LogP contribution in [0.1, 0.15) is 12.5 Å². The monoisotopic (exact) mass is 276 g/mol. The molecule has 1 rings (SSSR count). The molecule has 1 aromatic rings. The summed E-state index contributed by atoms with van der Waals surface area (Å²) in [5.74, 6) is -1.37. The van der Waals surface area contributed by atoms with Gasteiger partial charge in [-0.15, -0.1) is 0 Å². The second kappa shape index (κ2) is 5.81. The molecule has 0 amide bonds. The van der Waals surface area contributed by atoms with Gasteiger partial charge in [-0.2, -0.15) is 8.42 Å². The van der Waals surface area contributed by atoms with Crippen molar-refractivity contribution in [1.82, 2.24) is 0 Å². The molecule has 0 saturated carbocycles. The Morgan fingerprint density at radius 2 is 2.00 bits per heavy atom. The van der Waals surface area contributed by atoms with Gasteiger partial charge in [0.1, 0.15) is 11.6 Å². The van der Waals surface area contributed by atoms with Gasteiger partial charge in [0, 0.05) is 6.07 Å². The molecule has 0 heterocycles. The van der Waals surface area contributed by atoms with E-state index in [0.29, 0.717) is 0 Å². The lowest BCUT2D eigenvalue weighted by Crippen LogP contribution is -2.09. The maximum atomic E-state index is 13.2. The van der Waals surface area contributed by atoms with Crippen LogP contribution in [0.3, 0.4) is 0 Å². The van der Waals surface area contributed by atoms with Crippen LogP contribution in [-0.4, -0.2) is 27.2 Å². The number of hydrogen-bond donors (Lipinski definition) is 0. The number of hydrogen-bond acceptors (Lipinski definition) is 5. The van der Waals surface area contributed by atoms with Crippen LogP contribution in [0.25, 0.3) is 0 Å². The summed E-state index contributed by atoms with van der Waals surface area (Å²) in [5, 5.41) is 0. The number of carbonyl (C=O) groups excluding carboxylic acids is 1. The number of carbonyl (C=O) groups is 1. The van der Waals surface area contributed by atoms with Gasteiger partial charge in [-0.1, -0.05) is 0 Å². The standard InChI is InChI=1S/C11H13FO5S/c1-3-16-11(13)6-8-4-9(12)7-10(5-8)17-18(2,14)15/h4-5,7H,3,6H2,1-2H3. The summed E-state index contributed by atoms with van der Waals surface area (Å²) in [7, 11) is -3.73. The lowest BCUT2D eigenvalue weighted by Gasteiger charge is -2.06. The quantitative estimate of drug-likeness (QED) is 0.598. The summed E-state index contributed by atoms with van der Waals surface area (Å²) < 4.78 is 44.3. The molecule has 0 aliphatic carbocycles. The van der Waals surface area contributed by atoms with Crippen LogP contribution in [0.5, 0.6) is 5.75 Å². The highest BCUT2D eigenvalue weighted by atomic mass is 32.2. The van der Waals surface area contributed by atoms with E-state index in [1.54, 1.807) is 6.92 Å². The average Bonchev–Trinajstić information content (AvgIpc) is 2.13. The SMILES string of the molecule is CCOC(=O)Cc1cc(F)cc(OS(C)(=O)=O)c1. The number of rotatable bonds is 5. The van der Waals surface area contributed by atoms with Gasteiger partial charge in [0.05, 0.1) is 19.3 Å². The number of halogens is 1. The van der Waals surface area contributed by atoms with Crippen molar-refractivity contribution in [3.8, 4) is 5.75 Å². The third kappa shape index (κ3) is 5.13. The van der Waals surface area contributed by atoms with Crippen LogP contribution in [0.15, 0.2) is 18.2 Å². The molecule has 18 heavy (non-hydrogen) atoms. The van der Waals surface area contributed by atoms with E-state index in [4.69, 9.17) is 4.74 Å². The first-order chi connectivity index (χ1) is 8.30. The molecule has 0 unspecified atom stereocenters. The number of esters is 1. The minimum Gasteiger partial charge on any atom is -0.466 e. The first-order valence-electron chi connectivity index (χ1n) is 5.14. The fourth-order valence-corrected chi connectivity index (χ4v) is 1.77. The third-order valence-electron chi connectivity index (χ3n) is 1.83. The van der Waals surface area contributed by atoms with Gasteiger partial charge in [-0.3, -0.25) is 4.79 Å². The molecular weight excluding hydrogens is 263 g/mol. The number of benzene rings is 1. The van der Waals surface area contributed by atoms with Crippen molar-refractivity contribution in [2.24, 2.45) is 0 Å². The fourth-order valence-electron chi connectivity index (χ4n) is 1.32. The zero-order chi connectivity index (χ0) is 13.8. The first-order valence-corrected chi connectivity index (χ1v) is 6.96. The molecule has 0 bridgehead atoms. The van der Waals surface area contributed by atoms with Crippen molar-refractivity contribution >= 4 is 16.1 Å². The van der Waals surface area contributed by atoms with Gasteiger partial charge in [0.25, 0.3) is 0 Å². The summed E-state index contributed by atoms with van der Waals surface area (Å²) in [6.45, 7) is 1.88. The lowest BCUT2D eigenvalue weighted by molar-refractivity contribution is -0.142. The van der Waals surface area contributed by atoms with Crippen LogP contribution < -0.4 is 4.18 Å². The summed E-state index contributed by atoms with van der Waals surface area (Å²) in [4.78, 5) is 11.2. The molecule has 0 aliphatic heterocycles. The zero-order valence-corrected chi connectivity index (χ0v) is 10.8. The molecule has 0 fully saturated rings. The van der Waals surface area contributed by atoms with Crippen molar-refractivity contribution in [2.45, 2.75) is 13.3 Å². The van der Waals surface area contributed by atoms with Crippen LogP contribution in [0.2, 0.25) is 0 Å².